The lowest BCUT2D eigenvalue weighted by molar-refractivity contribution is 0.409. The third-order valence-electron chi connectivity index (χ3n) is 5.64. The van der Waals surface area contributed by atoms with Crippen LogP contribution in [0.4, 0.5) is 0 Å². The van der Waals surface area contributed by atoms with Gasteiger partial charge >= 0.3 is 0 Å². The van der Waals surface area contributed by atoms with E-state index in [1.165, 1.54) is 40.9 Å². The molecular weight excluding hydrogens is 388 g/mol. The van der Waals surface area contributed by atoms with Gasteiger partial charge in [-0.2, -0.15) is 0 Å². The zero-order chi connectivity index (χ0) is 18.1. The fourth-order valence-electron chi connectivity index (χ4n) is 4.27. The fraction of sp³-hybridized carbons (Fsp3) is 0.409. The molecule has 136 valence electrons. The number of nitrogens with zero attached hydrogens (tertiary/aromatic N) is 2. The Hall–Kier alpha value is -1.81. The van der Waals surface area contributed by atoms with Crippen LogP contribution >= 0.6 is 15.9 Å². The van der Waals surface area contributed by atoms with Crippen molar-refractivity contribution in [2.24, 2.45) is 4.99 Å². The summed E-state index contributed by atoms with van der Waals surface area (Å²) in [6, 6.07) is 13.5. The molecule has 2 aliphatic rings. The van der Waals surface area contributed by atoms with Gasteiger partial charge in [0.05, 0.1) is 19.7 Å². The summed E-state index contributed by atoms with van der Waals surface area (Å²) in [5.41, 5.74) is 5.33. The number of amidine groups is 1. The van der Waals surface area contributed by atoms with Gasteiger partial charge in [0.1, 0.15) is 11.6 Å². The van der Waals surface area contributed by atoms with Gasteiger partial charge in [-0.25, -0.2) is 0 Å². The van der Waals surface area contributed by atoms with Crippen LogP contribution in [-0.2, 0) is 12.8 Å². The standard InChI is InChI=1S/C22H25BrN2O/c1-15-5-3-7-20(22-24-14-18-6-4-12-25(18)22)19(15)10-8-16-13-17(23)9-11-21(16)26-2/h3,5,7,9,11,13,18H,4,6,8,10,12,14H2,1-2H3/t18-/m0/s1. The monoisotopic (exact) mass is 412 g/mol. The van der Waals surface area contributed by atoms with E-state index in [-0.39, 0.29) is 0 Å². The first-order valence-electron chi connectivity index (χ1n) is 9.39. The van der Waals surface area contributed by atoms with Gasteiger partial charge in [0, 0.05) is 16.6 Å². The normalized spacial score (nSPS) is 18.8. The van der Waals surface area contributed by atoms with E-state index in [9.17, 15) is 0 Å². The van der Waals surface area contributed by atoms with Crippen LogP contribution in [0.15, 0.2) is 45.9 Å². The summed E-state index contributed by atoms with van der Waals surface area (Å²) in [6.07, 6.45) is 4.52. The molecule has 4 heteroatoms. The number of fused-ring (bicyclic) bond motifs is 1. The molecule has 2 aromatic carbocycles. The first-order valence-corrected chi connectivity index (χ1v) is 10.2. The second kappa shape index (κ2) is 7.43. The molecule has 0 aromatic heterocycles. The molecule has 0 amide bonds. The molecule has 0 radical (unpaired) electrons. The summed E-state index contributed by atoms with van der Waals surface area (Å²) < 4.78 is 6.65. The molecule has 0 N–H and O–H groups in total. The lowest BCUT2D eigenvalue weighted by Crippen LogP contribution is -2.32. The Morgan fingerprint density at radius 1 is 1.23 bits per heavy atom. The second-order valence-corrected chi connectivity index (χ2v) is 8.13. The molecule has 0 unspecified atom stereocenters. The summed E-state index contributed by atoms with van der Waals surface area (Å²) in [5, 5.41) is 0. The Morgan fingerprint density at radius 3 is 2.96 bits per heavy atom. The lowest BCUT2D eigenvalue weighted by atomic mass is 9.94. The number of benzene rings is 2. The number of aliphatic imine (C=N–C) groups is 1. The molecule has 4 rings (SSSR count). The summed E-state index contributed by atoms with van der Waals surface area (Å²) >= 11 is 3.58. The Labute approximate surface area is 164 Å². The van der Waals surface area contributed by atoms with Gasteiger partial charge in [-0.05, 0) is 67.5 Å². The van der Waals surface area contributed by atoms with Gasteiger partial charge in [-0.15, -0.1) is 0 Å². The maximum Gasteiger partial charge on any atom is 0.131 e. The van der Waals surface area contributed by atoms with E-state index in [0.29, 0.717) is 6.04 Å². The Balaban J connectivity index is 1.62. The van der Waals surface area contributed by atoms with E-state index >= 15 is 0 Å². The first kappa shape index (κ1) is 17.6. The van der Waals surface area contributed by atoms with Crippen LogP contribution in [0.1, 0.15) is 35.1 Å². The quantitative estimate of drug-likeness (QED) is 0.705. The Bertz CT molecular complexity index is 846. The lowest BCUT2D eigenvalue weighted by Gasteiger charge is -2.22. The molecular formula is C22H25BrN2O. The van der Waals surface area contributed by atoms with Crippen LogP contribution < -0.4 is 4.74 Å². The SMILES string of the molecule is COc1ccc(Br)cc1CCc1c(C)cccc1C1=NC[C@@H]2CCCN12. The van der Waals surface area contributed by atoms with Crippen LogP contribution in [0, 0.1) is 6.92 Å². The maximum absolute atomic E-state index is 5.55. The molecule has 2 aliphatic heterocycles. The Morgan fingerprint density at radius 2 is 2.12 bits per heavy atom. The molecule has 1 saturated heterocycles. The van der Waals surface area contributed by atoms with E-state index in [2.05, 4.69) is 52.0 Å². The largest absolute Gasteiger partial charge is 0.496 e. The number of hydrogen-bond donors (Lipinski definition) is 0. The van der Waals surface area contributed by atoms with Crippen molar-refractivity contribution < 1.29 is 4.74 Å². The first-order chi connectivity index (χ1) is 12.7. The van der Waals surface area contributed by atoms with Crippen molar-refractivity contribution in [3.05, 3.63) is 63.1 Å². The van der Waals surface area contributed by atoms with Crippen molar-refractivity contribution in [1.29, 1.82) is 0 Å². The van der Waals surface area contributed by atoms with Gasteiger partial charge in [-0.1, -0.05) is 34.1 Å². The smallest absolute Gasteiger partial charge is 0.131 e. The zero-order valence-electron chi connectivity index (χ0n) is 15.5. The number of hydrogen-bond acceptors (Lipinski definition) is 3. The molecule has 0 spiro atoms. The van der Waals surface area contributed by atoms with Crippen LogP contribution in [0.5, 0.6) is 5.75 Å². The van der Waals surface area contributed by atoms with Gasteiger partial charge in [0.2, 0.25) is 0 Å². The second-order valence-electron chi connectivity index (χ2n) is 7.21. The van der Waals surface area contributed by atoms with Gasteiger partial charge in [0.25, 0.3) is 0 Å². The zero-order valence-corrected chi connectivity index (χ0v) is 17.1. The van der Waals surface area contributed by atoms with Crippen LogP contribution in [0.25, 0.3) is 0 Å². The number of ether oxygens (including phenoxy) is 1. The van der Waals surface area contributed by atoms with Crippen molar-refractivity contribution in [3.8, 4) is 5.75 Å². The van der Waals surface area contributed by atoms with E-state index in [1.54, 1.807) is 7.11 Å². The summed E-state index contributed by atoms with van der Waals surface area (Å²) in [7, 11) is 1.74. The topological polar surface area (TPSA) is 24.8 Å². The highest BCUT2D eigenvalue weighted by molar-refractivity contribution is 9.10. The van der Waals surface area contributed by atoms with Crippen molar-refractivity contribution in [2.45, 2.75) is 38.6 Å². The third kappa shape index (κ3) is 3.27. The van der Waals surface area contributed by atoms with Gasteiger partial charge in [0.15, 0.2) is 0 Å². The average molecular weight is 413 g/mol. The van der Waals surface area contributed by atoms with E-state index in [1.807, 2.05) is 12.1 Å². The van der Waals surface area contributed by atoms with Crippen molar-refractivity contribution in [1.82, 2.24) is 4.90 Å². The molecule has 2 aromatic rings. The van der Waals surface area contributed by atoms with Crippen LogP contribution in [0.2, 0.25) is 0 Å². The summed E-state index contributed by atoms with van der Waals surface area (Å²) in [4.78, 5) is 7.43. The molecule has 26 heavy (non-hydrogen) atoms. The molecule has 3 nitrogen and oxygen atoms in total. The number of methoxy groups -OCH3 is 1. The van der Waals surface area contributed by atoms with Crippen LogP contribution in [-0.4, -0.2) is 37.0 Å². The minimum absolute atomic E-state index is 0.628. The highest BCUT2D eigenvalue weighted by Crippen LogP contribution is 2.30. The molecule has 0 saturated carbocycles. The number of aryl methyl sites for hydroxylation is 2. The minimum atomic E-state index is 0.628. The maximum atomic E-state index is 5.55. The predicted molar refractivity (Wildman–Crippen MR) is 110 cm³/mol. The molecule has 2 heterocycles. The summed E-state index contributed by atoms with van der Waals surface area (Å²) in [5.74, 6) is 2.17. The minimum Gasteiger partial charge on any atom is -0.496 e. The Kier molecular flexibility index (Phi) is 5.03. The number of halogens is 1. The van der Waals surface area contributed by atoms with Crippen molar-refractivity contribution in [2.75, 3.05) is 20.2 Å². The number of rotatable bonds is 5. The predicted octanol–water partition coefficient (Wildman–Crippen LogP) is 4.78. The molecule has 1 fully saturated rings. The fourth-order valence-corrected chi connectivity index (χ4v) is 4.68. The third-order valence-corrected chi connectivity index (χ3v) is 6.13. The van der Waals surface area contributed by atoms with Crippen molar-refractivity contribution >= 4 is 21.8 Å². The van der Waals surface area contributed by atoms with E-state index in [0.717, 1.165) is 36.2 Å². The average Bonchev–Trinajstić information content (AvgIpc) is 3.24. The van der Waals surface area contributed by atoms with Gasteiger partial charge in [-0.3, -0.25) is 4.99 Å². The molecule has 0 aliphatic carbocycles. The highest BCUT2D eigenvalue weighted by atomic mass is 79.9. The van der Waals surface area contributed by atoms with E-state index in [4.69, 9.17) is 9.73 Å². The van der Waals surface area contributed by atoms with E-state index < -0.39 is 0 Å². The highest BCUT2D eigenvalue weighted by Gasteiger charge is 2.33. The van der Waals surface area contributed by atoms with Crippen molar-refractivity contribution in [3.63, 3.8) is 0 Å². The molecule has 1 atom stereocenters. The van der Waals surface area contributed by atoms with Crippen LogP contribution in [0.3, 0.4) is 0 Å². The summed E-state index contributed by atoms with van der Waals surface area (Å²) in [6.45, 7) is 4.33. The van der Waals surface area contributed by atoms with Gasteiger partial charge < -0.3 is 9.64 Å². The molecule has 0 bridgehead atoms.